The molecule has 8 heteroatoms. The Morgan fingerprint density at radius 3 is 2.54 bits per heavy atom. The number of carbonyl (C=O) groups excluding carboxylic acids is 2. The van der Waals surface area contributed by atoms with Gasteiger partial charge in [0.15, 0.2) is 5.17 Å². The highest BCUT2D eigenvalue weighted by atomic mass is 32.2. The van der Waals surface area contributed by atoms with E-state index in [1.807, 2.05) is 0 Å². The third kappa shape index (κ3) is 3.91. The monoisotopic (exact) mass is 375 g/mol. The third-order valence-corrected chi connectivity index (χ3v) is 4.88. The lowest BCUT2D eigenvalue weighted by atomic mass is 10.3. The number of amidine groups is 1. The summed E-state index contributed by atoms with van der Waals surface area (Å²) in [6.07, 6.45) is 0.00469. The molecule has 1 aliphatic rings. The fourth-order valence-corrected chi connectivity index (χ4v) is 3.50. The van der Waals surface area contributed by atoms with Gasteiger partial charge < -0.3 is 5.32 Å². The van der Waals surface area contributed by atoms with E-state index in [9.17, 15) is 18.4 Å². The molecule has 0 unspecified atom stereocenters. The van der Waals surface area contributed by atoms with Crippen molar-refractivity contribution in [1.29, 1.82) is 0 Å². The van der Waals surface area contributed by atoms with Gasteiger partial charge in [-0.3, -0.25) is 14.6 Å². The minimum atomic E-state index is -0.660. The highest BCUT2D eigenvalue weighted by Crippen LogP contribution is 2.30. The maximum atomic E-state index is 13.3. The van der Waals surface area contributed by atoms with Crippen LogP contribution in [0.5, 0.6) is 0 Å². The molecule has 134 valence electrons. The molecule has 0 aromatic heterocycles. The highest BCUT2D eigenvalue weighted by molar-refractivity contribution is 8.15. The first kappa shape index (κ1) is 18.1. The average molecular weight is 375 g/mol. The molecule has 0 aliphatic carbocycles. The van der Waals surface area contributed by atoms with E-state index < -0.39 is 22.8 Å². The Morgan fingerprint density at radius 1 is 1.15 bits per heavy atom. The maximum absolute atomic E-state index is 13.3. The molecule has 1 atom stereocenters. The second kappa shape index (κ2) is 7.65. The normalized spacial score (nSPS) is 17.7. The number of nitrogens with zero attached hydrogens (tertiary/aromatic N) is 2. The Labute approximate surface area is 153 Å². The number of anilines is 2. The largest absolute Gasteiger partial charge is 0.335 e. The van der Waals surface area contributed by atoms with Gasteiger partial charge in [-0.1, -0.05) is 17.8 Å². The summed E-state index contributed by atoms with van der Waals surface area (Å²) in [6.45, 7) is 0. The first-order valence-electron chi connectivity index (χ1n) is 7.76. The van der Waals surface area contributed by atoms with Gasteiger partial charge in [-0.05, 0) is 42.5 Å². The minimum absolute atomic E-state index is 0.00469. The Hall–Kier alpha value is -2.74. The number of carbonyl (C=O) groups is 2. The zero-order valence-electron chi connectivity index (χ0n) is 13.8. The van der Waals surface area contributed by atoms with Crippen molar-refractivity contribution in [2.24, 2.45) is 4.99 Å². The van der Waals surface area contributed by atoms with Gasteiger partial charge >= 0.3 is 0 Å². The van der Waals surface area contributed by atoms with Crippen molar-refractivity contribution in [2.45, 2.75) is 11.7 Å². The molecule has 0 radical (unpaired) electrons. The minimum Gasteiger partial charge on any atom is -0.335 e. The first-order chi connectivity index (χ1) is 12.5. The fraction of sp³-hybridized carbons (Fsp3) is 0.167. The van der Waals surface area contributed by atoms with Gasteiger partial charge in [-0.15, -0.1) is 0 Å². The van der Waals surface area contributed by atoms with E-state index in [-0.39, 0.29) is 12.3 Å². The number of aliphatic imine (C=N–C) groups is 1. The molecule has 1 heterocycles. The molecule has 0 spiro atoms. The quantitative estimate of drug-likeness (QED) is 0.507. The molecule has 3 rings (SSSR count). The number of hydrogen-bond acceptors (Lipinski definition) is 4. The van der Waals surface area contributed by atoms with Crippen molar-refractivity contribution in [1.82, 2.24) is 0 Å². The summed E-state index contributed by atoms with van der Waals surface area (Å²) in [7, 11) is 1.54. The van der Waals surface area contributed by atoms with Crippen LogP contribution in [0, 0.1) is 11.6 Å². The number of rotatable bonds is 3. The molecule has 5 nitrogen and oxygen atoms in total. The van der Waals surface area contributed by atoms with Gasteiger partial charge in [0.05, 0.1) is 5.69 Å². The van der Waals surface area contributed by atoms with Crippen LogP contribution in [0.1, 0.15) is 6.42 Å². The van der Waals surface area contributed by atoms with Crippen LogP contribution in [-0.2, 0) is 9.59 Å². The Kier molecular flexibility index (Phi) is 5.32. The van der Waals surface area contributed by atoms with E-state index in [1.165, 1.54) is 43.4 Å². The summed E-state index contributed by atoms with van der Waals surface area (Å²) in [6, 6.07) is 11.0. The molecular weight excluding hydrogens is 360 g/mol. The van der Waals surface area contributed by atoms with Crippen LogP contribution >= 0.6 is 11.8 Å². The van der Waals surface area contributed by atoms with Crippen LogP contribution in [0.4, 0.5) is 20.2 Å². The Bertz CT molecular complexity index is 871. The van der Waals surface area contributed by atoms with Gasteiger partial charge in [0.1, 0.15) is 16.9 Å². The van der Waals surface area contributed by atoms with Gasteiger partial charge in [0.25, 0.3) is 0 Å². The SMILES string of the molecule is CN=C(Nc1cccc(F)c1)S[C@H]1CC(=O)N(c2ccc(F)cc2)C1=O. The predicted molar refractivity (Wildman–Crippen MR) is 98.3 cm³/mol. The molecule has 2 aromatic rings. The second-order valence-corrected chi connectivity index (χ2v) is 6.71. The second-order valence-electron chi connectivity index (χ2n) is 5.52. The van der Waals surface area contributed by atoms with Gasteiger partial charge in [0.2, 0.25) is 11.8 Å². The van der Waals surface area contributed by atoms with Crippen LogP contribution in [0.2, 0.25) is 0 Å². The molecule has 1 N–H and O–H groups in total. The lowest BCUT2D eigenvalue weighted by Crippen LogP contribution is -2.31. The molecule has 1 fully saturated rings. The first-order valence-corrected chi connectivity index (χ1v) is 8.64. The number of thioether (sulfide) groups is 1. The van der Waals surface area contributed by atoms with Crippen molar-refractivity contribution < 1.29 is 18.4 Å². The average Bonchev–Trinajstić information content (AvgIpc) is 2.89. The van der Waals surface area contributed by atoms with Gasteiger partial charge in [-0.2, -0.15) is 0 Å². The van der Waals surface area contributed by atoms with Crippen molar-refractivity contribution in [3.05, 3.63) is 60.2 Å². The summed E-state index contributed by atoms with van der Waals surface area (Å²) in [5, 5.41) is 2.67. The van der Waals surface area contributed by atoms with E-state index in [0.717, 1.165) is 16.7 Å². The van der Waals surface area contributed by atoms with Crippen LogP contribution in [0.25, 0.3) is 0 Å². The molecule has 2 amide bonds. The molecule has 2 aromatic carbocycles. The molecule has 0 saturated carbocycles. The summed E-state index contributed by atoms with van der Waals surface area (Å²) < 4.78 is 26.3. The highest BCUT2D eigenvalue weighted by Gasteiger charge is 2.40. The lowest BCUT2D eigenvalue weighted by molar-refractivity contribution is -0.121. The van der Waals surface area contributed by atoms with Gasteiger partial charge in [0, 0.05) is 19.2 Å². The van der Waals surface area contributed by atoms with Crippen LogP contribution < -0.4 is 10.2 Å². The summed E-state index contributed by atoms with van der Waals surface area (Å²) in [5.41, 5.74) is 0.822. The number of hydrogen-bond donors (Lipinski definition) is 1. The molecule has 1 saturated heterocycles. The third-order valence-electron chi connectivity index (χ3n) is 3.72. The van der Waals surface area contributed by atoms with E-state index in [2.05, 4.69) is 10.3 Å². The van der Waals surface area contributed by atoms with Crippen molar-refractivity contribution >= 4 is 40.1 Å². The zero-order valence-corrected chi connectivity index (χ0v) is 14.6. The topological polar surface area (TPSA) is 61.8 Å². The van der Waals surface area contributed by atoms with Crippen molar-refractivity contribution in [2.75, 3.05) is 17.3 Å². The smallest absolute Gasteiger partial charge is 0.247 e. The number of benzene rings is 2. The van der Waals surface area contributed by atoms with E-state index in [1.54, 1.807) is 12.1 Å². The van der Waals surface area contributed by atoms with Crippen LogP contribution in [-0.4, -0.2) is 29.3 Å². The number of imide groups is 1. The maximum Gasteiger partial charge on any atom is 0.247 e. The lowest BCUT2D eigenvalue weighted by Gasteiger charge is -2.15. The van der Waals surface area contributed by atoms with Crippen molar-refractivity contribution in [3.8, 4) is 0 Å². The number of amides is 2. The van der Waals surface area contributed by atoms with Gasteiger partial charge in [-0.25, -0.2) is 13.7 Å². The van der Waals surface area contributed by atoms with Crippen molar-refractivity contribution in [3.63, 3.8) is 0 Å². The Morgan fingerprint density at radius 2 is 1.88 bits per heavy atom. The molecule has 1 aliphatic heterocycles. The number of nitrogens with one attached hydrogen (secondary N) is 1. The van der Waals surface area contributed by atoms with Crippen LogP contribution in [0.15, 0.2) is 53.5 Å². The fourth-order valence-electron chi connectivity index (χ4n) is 2.52. The Balaban J connectivity index is 1.72. The van der Waals surface area contributed by atoms with E-state index in [4.69, 9.17) is 0 Å². The zero-order chi connectivity index (χ0) is 18.7. The summed E-state index contributed by atoms with van der Waals surface area (Å²) in [5.74, 6) is -1.60. The predicted octanol–water partition coefficient (Wildman–Crippen LogP) is 3.43. The summed E-state index contributed by atoms with van der Waals surface area (Å²) >= 11 is 1.10. The van der Waals surface area contributed by atoms with E-state index >= 15 is 0 Å². The van der Waals surface area contributed by atoms with Crippen LogP contribution in [0.3, 0.4) is 0 Å². The molecular formula is C18H15F2N3O2S. The number of halogens is 2. The molecule has 26 heavy (non-hydrogen) atoms. The summed E-state index contributed by atoms with van der Waals surface area (Å²) in [4.78, 5) is 30.0. The molecule has 0 bridgehead atoms. The van der Waals surface area contributed by atoms with E-state index in [0.29, 0.717) is 16.5 Å². The standard InChI is InChI=1S/C18H15F2N3O2S/c1-21-18(22-13-4-2-3-12(20)9-13)26-15-10-16(24)23(17(15)25)14-7-5-11(19)6-8-14/h2-9,15H,10H2,1H3,(H,21,22)/t15-/m0/s1.